The van der Waals surface area contributed by atoms with Gasteiger partial charge in [0.2, 0.25) is 0 Å². The standard InChI is InChI=1S/C13H30N2O2/c1-11(2)9-15(6-7-17-5)12(3)8-13(4,16)10-14/h11-12,16H,6-10,14H2,1-5H3. The Morgan fingerprint density at radius 3 is 2.35 bits per heavy atom. The fraction of sp³-hybridized carbons (Fsp3) is 1.00. The third-order valence-corrected chi connectivity index (χ3v) is 2.98. The van der Waals surface area contributed by atoms with Crippen molar-refractivity contribution in [2.45, 2.75) is 45.8 Å². The van der Waals surface area contributed by atoms with E-state index in [9.17, 15) is 5.11 Å². The Morgan fingerprint density at radius 2 is 1.94 bits per heavy atom. The highest BCUT2D eigenvalue weighted by Crippen LogP contribution is 2.16. The predicted octanol–water partition coefficient (Wildman–Crippen LogP) is 1.08. The van der Waals surface area contributed by atoms with Gasteiger partial charge < -0.3 is 15.6 Å². The minimum Gasteiger partial charge on any atom is -0.389 e. The van der Waals surface area contributed by atoms with E-state index in [4.69, 9.17) is 10.5 Å². The Kier molecular flexibility index (Phi) is 7.96. The van der Waals surface area contributed by atoms with E-state index in [1.807, 2.05) is 0 Å². The maximum atomic E-state index is 10.0. The van der Waals surface area contributed by atoms with E-state index >= 15 is 0 Å². The second kappa shape index (κ2) is 8.03. The maximum absolute atomic E-state index is 10.0. The molecule has 4 heteroatoms. The number of hydrogen-bond acceptors (Lipinski definition) is 4. The summed E-state index contributed by atoms with van der Waals surface area (Å²) in [6, 6.07) is 0.311. The van der Waals surface area contributed by atoms with Gasteiger partial charge in [-0.2, -0.15) is 0 Å². The zero-order chi connectivity index (χ0) is 13.5. The van der Waals surface area contributed by atoms with Crippen LogP contribution in [0.1, 0.15) is 34.1 Å². The van der Waals surface area contributed by atoms with Gasteiger partial charge in [-0.05, 0) is 26.2 Å². The molecule has 0 aromatic carbocycles. The molecule has 0 radical (unpaired) electrons. The topological polar surface area (TPSA) is 58.7 Å². The summed E-state index contributed by atoms with van der Waals surface area (Å²) in [7, 11) is 1.72. The zero-order valence-corrected chi connectivity index (χ0v) is 12.1. The molecule has 0 heterocycles. The smallest absolute Gasteiger partial charge is 0.0756 e. The lowest BCUT2D eigenvalue weighted by molar-refractivity contribution is 0.0203. The molecule has 17 heavy (non-hydrogen) atoms. The second-order valence-electron chi connectivity index (χ2n) is 5.64. The van der Waals surface area contributed by atoms with E-state index in [1.54, 1.807) is 14.0 Å². The molecule has 0 bridgehead atoms. The molecule has 0 amide bonds. The highest BCUT2D eigenvalue weighted by atomic mass is 16.5. The fourth-order valence-electron chi connectivity index (χ4n) is 2.02. The van der Waals surface area contributed by atoms with Gasteiger partial charge in [0.05, 0.1) is 12.2 Å². The summed E-state index contributed by atoms with van der Waals surface area (Å²) in [5.74, 6) is 0.608. The molecule has 2 atom stereocenters. The summed E-state index contributed by atoms with van der Waals surface area (Å²) >= 11 is 0. The molecule has 104 valence electrons. The van der Waals surface area contributed by atoms with Crippen LogP contribution in [0.3, 0.4) is 0 Å². The summed E-state index contributed by atoms with van der Waals surface area (Å²) in [6.45, 7) is 11.3. The highest BCUT2D eigenvalue weighted by molar-refractivity contribution is 4.81. The molecular formula is C13H30N2O2. The SMILES string of the molecule is COCCN(CC(C)C)C(C)CC(C)(O)CN. The van der Waals surface area contributed by atoms with Gasteiger partial charge in [0.25, 0.3) is 0 Å². The van der Waals surface area contributed by atoms with Gasteiger partial charge in [-0.3, -0.25) is 4.90 Å². The van der Waals surface area contributed by atoms with Crippen molar-refractivity contribution in [1.29, 1.82) is 0 Å². The number of ether oxygens (including phenoxy) is 1. The normalized spacial score (nSPS) is 17.5. The van der Waals surface area contributed by atoms with Crippen molar-refractivity contribution >= 4 is 0 Å². The molecule has 0 saturated carbocycles. The average molecular weight is 246 g/mol. The molecule has 0 fully saturated rings. The molecule has 0 aliphatic rings. The van der Waals surface area contributed by atoms with E-state index in [1.165, 1.54) is 0 Å². The number of methoxy groups -OCH3 is 1. The number of aliphatic hydroxyl groups is 1. The minimum atomic E-state index is -0.776. The van der Waals surface area contributed by atoms with E-state index in [0.717, 1.165) is 19.7 Å². The van der Waals surface area contributed by atoms with Crippen LogP contribution in [0.2, 0.25) is 0 Å². The summed E-state index contributed by atoms with van der Waals surface area (Å²) < 4.78 is 5.13. The maximum Gasteiger partial charge on any atom is 0.0756 e. The van der Waals surface area contributed by atoms with Gasteiger partial charge in [0.15, 0.2) is 0 Å². The first kappa shape index (κ1) is 16.8. The summed E-state index contributed by atoms with van der Waals surface area (Å²) in [5, 5.41) is 10.0. The molecule has 0 aromatic heterocycles. The molecule has 0 aliphatic carbocycles. The Labute approximate surface area is 106 Å². The third kappa shape index (κ3) is 7.71. The molecule has 2 unspecified atom stereocenters. The number of hydrogen-bond donors (Lipinski definition) is 2. The van der Waals surface area contributed by atoms with E-state index in [2.05, 4.69) is 25.7 Å². The summed E-state index contributed by atoms with van der Waals surface area (Å²) in [4.78, 5) is 2.36. The largest absolute Gasteiger partial charge is 0.389 e. The van der Waals surface area contributed by atoms with E-state index in [0.29, 0.717) is 24.9 Å². The van der Waals surface area contributed by atoms with Crippen molar-refractivity contribution in [3.05, 3.63) is 0 Å². The van der Waals surface area contributed by atoms with Gasteiger partial charge in [0, 0.05) is 32.8 Å². The van der Waals surface area contributed by atoms with Crippen LogP contribution in [0.25, 0.3) is 0 Å². The Balaban J connectivity index is 4.34. The molecule has 0 saturated heterocycles. The van der Waals surface area contributed by atoms with E-state index in [-0.39, 0.29) is 0 Å². The number of rotatable bonds is 9. The zero-order valence-electron chi connectivity index (χ0n) is 12.1. The van der Waals surface area contributed by atoms with Crippen LogP contribution in [0.15, 0.2) is 0 Å². The van der Waals surface area contributed by atoms with Crippen molar-refractivity contribution in [2.75, 3.05) is 33.4 Å². The van der Waals surface area contributed by atoms with Crippen molar-refractivity contribution in [1.82, 2.24) is 4.90 Å². The van der Waals surface area contributed by atoms with Crippen molar-refractivity contribution < 1.29 is 9.84 Å². The van der Waals surface area contributed by atoms with Crippen LogP contribution in [0.5, 0.6) is 0 Å². The second-order valence-corrected chi connectivity index (χ2v) is 5.64. The first-order valence-electron chi connectivity index (χ1n) is 6.48. The van der Waals surface area contributed by atoms with Gasteiger partial charge >= 0.3 is 0 Å². The van der Waals surface area contributed by atoms with Crippen LogP contribution in [-0.4, -0.2) is 55.0 Å². The first-order chi connectivity index (χ1) is 7.82. The Bertz CT molecular complexity index is 196. The van der Waals surface area contributed by atoms with Crippen LogP contribution in [0, 0.1) is 5.92 Å². The Hall–Kier alpha value is -0.160. The van der Waals surface area contributed by atoms with Crippen molar-refractivity contribution in [3.8, 4) is 0 Å². The first-order valence-corrected chi connectivity index (χ1v) is 6.48. The quantitative estimate of drug-likeness (QED) is 0.639. The lowest BCUT2D eigenvalue weighted by Crippen LogP contribution is -2.45. The minimum absolute atomic E-state index is 0.303. The fourth-order valence-corrected chi connectivity index (χ4v) is 2.02. The van der Waals surface area contributed by atoms with Crippen LogP contribution in [-0.2, 0) is 4.74 Å². The van der Waals surface area contributed by atoms with Crippen molar-refractivity contribution in [3.63, 3.8) is 0 Å². The van der Waals surface area contributed by atoms with Crippen LogP contribution >= 0.6 is 0 Å². The summed E-state index contributed by atoms with van der Waals surface area (Å²) in [5.41, 5.74) is 4.79. The lowest BCUT2D eigenvalue weighted by atomic mass is 9.96. The third-order valence-electron chi connectivity index (χ3n) is 2.98. The molecule has 4 nitrogen and oxygen atoms in total. The number of nitrogens with two attached hydrogens (primary N) is 1. The lowest BCUT2D eigenvalue weighted by Gasteiger charge is -2.34. The van der Waals surface area contributed by atoms with Gasteiger partial charge in [-0.1, -0.05) is 13.8 Å². The van der Waals surface area contributed by atoms with Gasteiger partial charge in [-0.25, -0.2) is 0 Å². The van der Waals surface area contributed by atoms with Gasteiger partial charge in [0.1, 0.15) is 0 Å². The average Bonchev–Trinajstić information content (AvgIpc) is 2.23. The summed E-state index contributed by atoms with van der Waals surface area (Å²) in [6.07, 6.45) is 0.694. The Morgan fingerprint density at radius 1 is 1.35 bits per heavy atom. The van der Waals surface area contributed by atoms with E-state index < -0.39 is 5.60 Å². The van der Waals surface area contributed by atoms with Crippen molar-refractivity contribution in [2.24, 2.45) is 11.7 Å². The number of nitrogens with zero attached hydrogens (tertiary/aromatic N) is 1. The van der Waals surface area contributed by atoms with Crippen LogP contribution < -0.4 is 5.73 Å². The van der Waals surface area contributed by atoms with Crippen LogP contribution in [0.4, 0.5) is 0 Å². The molecule has 3 N–H and O–H groups in total. The highest BCUT2D eigenvalue weighted by Gasteiger charge is 2.25. The van der Waals surface area contributed by atoms with Gasteiger partial charge in [-0.15, -0.1) is 0 Å². The molecule has 0 rings (SSSR count). The molecule has 0 aromatic rings. The monoisotopic (exact) mass is 246 g/mol. The predicted molar refractivity (Wildman–Crippen MR) is 72.0 cm³/mol. The molecular weight excluding hydrogens is 216 g/mol. The molecule has 0 aliphatic heterocycles. The molecule has 0 spiro atoms.